The van der Waals surface area contributed by atoms with Gasteiger partial charge in [-0.2, -0.15) is 0 Å². The number of rotatable bonds is 8. The van der Waals surface area contributed by atoms with Gasteiger partial charge in [-0.15, -0.1) is 0 Å². The molecule has 1 aromatic carbocycles. The summed E-state index contributed by atoms with van der Waals surface area (Å²) in [5, 5.41) is 3.55. The second-order valence-corrected chi connectivity index (χ2v) is 5.09. The van der Waals surface area contributed by atoms with Crippen LogP contribution in [0.1, 0.15) is 26.1 Å². The molecule has 0 radical (unpaired) electrons. The Kier molecular flexibility index (Phi) is 5.56. The fourth-order valence-corrected chi connectivity index (χ4v) is 2.40. The second kappa shape index (κ2) is 7.41. The molecular weight excluding hydrogens is 250 g/mol. The number of imidazole rings is 1. The van der Waals surface area contributed by atoms with Gasteiger partial charge in [-0.3, -0.25) is 0 Å². The number of aryl methyl sites for hydroxylation is 1. The van der Waals surface area contributed by atoms with Crippen LogP contribution in [-0.4, -0.2) is 35.4 Å². The predicted octanol–water partition coefficient (Wildman–Crippen LogP) is 2.52. The Hall–Kier alpha value is -1.39. The van der Waals surface area contributed by atoms with Crippen LogP contribution in [0.25, 0.3) is 11.0 Å². The first-order valence-electron chi connectivity index (χ1n) is 7.47. The van der Waals surface area contributed by atoms with E-state index in [0.717, 1.165) is 43.9 Å². The Morgan fingerprint density at radius 3 is 2.80 bits per heavy atom. The van der Waals surface area contributed by atoms with Gasteiger partial charge in [0.1, 0.15) is 5.82 Å². The molecule has 2 aromatic rings. The van der Waals surface area contributed by atoms with Crippen molar-refractivity contribution < 1.29 is 4.74 Å². The van der Waals surface area contributed by atoms with Crippen molar-refractivity contribution in [3.63, 3.8) is 0 Å². The zero-order valence-corrected chi connectivity index (χ0v) is 12.7. The molecule has 4 nitrogen and oxygen atoms in total. The highest BCUT2D eigenvalue weighted by Crippen LogP contribution is 2.15. The Balaban J connectivity index is 2.12. The summed E-state index contributed by atoms with van der Waals surface area (Å²) in [4.78, 5) is 4.74. The van der Waals surface area contributed by atoms with Crippen molar-refractivity contribution in [1.82, 2.24) is 14.9 Å². The molecular formula is C16H25N3O. The molecule has 2 rings (SSSR count). The Morgan fingerprint density at radius 2 is 2.10 bits per heavy atom. The monoisotopic (exact) mass is 275 g/mol. The van der Waals surface area contributed by atoms with Crippen LogP contribution in [-0.2, 0) is 18.2 Å². The summed E-state index contributed by atoms with van der Waals surface area (Å²) in [6.45, 7) is 6.72. The number of nitrogens with zero attached hydrogens (tertiary/aromatic N) is 2. The van der Waals surface area contributed by atoms with Crippen LogP contribution in [0.5, 0.6) is 0 Å². The molecule has 1 aromatic heterocycles. The number of nitrogens with one attached hydrogen (secondary N) is 1. The largest absolute Gasteiger partial charge is 0.380 e. The minimum atomic E-state index is 0.324. The Bertz CT molecular complexity index is 528. The van der Waals surface area contributed by atoms with E-state index in [1.165, 1.54) is 5.52 Å². The molecule has 1 heterocycles. The molecule has 0 spiro atoms. The molecule has 1 atom stereocenters. The first-order chi connectivity index (χ1) is 9.76. The molecule has 110 valence electrons. The standard InChI is InChI=1S/C16H25N3O/c1-4-10-17-13(12-20-5-2)11-16-18-14-8-6-7-9-15(14)19(16)3/h6-9,13,17H,4-5,10-12H2,1-3H3. The molecule has 1 N–H and O–H groups in total. The normalized spacial score (nSPS) is 12.9. The van der Waals surface area contributed by atoms with E-state index in [4.69, 9.17) is 9.72 Å². The molecule has 0 aliphatic heterocycles. The minimum absolute atomic E-state index is 0.324. The van der Waals surface area contributed by atoms with Crippen molar-refractivity contribution >= 4 is 11.0 Å². The molecule has 0 aliphatic carbocycles. The lowest BCUT2D eigenvalue weighted by Gasteiger charge is -2.18. The average Bonchev–Trinajstić information content (AvgIpc) is 2.79. The fourth-order valence-electron chi connectivity index (χ4n) is 2.40. The maximum Gasteiger partial charge on any atom is 0.111 e. The van der Waals surface area contributed by atoms with Gasteiger partial charge in [0.15, 0.2) is 0 Å². The van der Waals surface area contributed by atoms with Gasteiger partial charge >= 0.3 is 0 Å². The molecule has 4 heteroatoms. The zero-order valence-electron chi connectivity index (χ0n) is 12.7. The van der Waals surface area contributed by atoms with Gasteiger partial charge in [0.25, 0.3) is 0 Å². The van der Waals surface area contributed by atoms with Crippen molar-refractivity contribution in [2.75, 3.05) is 19.8 Å². The zero-order chi connectivity index (χ0) is 14.4. The lowest BCUT2D eigenvalue weighted by molar-refractivity contribution is 0.122. The highest BCUT2D eigenvalue weighted by molar-refractivity contribution is 5.75. The number of hydrogen-bond acceptors (Lipinski definition) is 3. The first-order valence-corrected chi connectivity index (χ1v) is 7.47. The van der Waals surface area contributed by atoms with E-state index in [1.54, 1.807) is 0 Å². The number of benzene rings is 1. The van der Waals surface area contributed by atoms with Gasteiger partial charge in [0, 0.05) is 26.1 Å². The predicted molar refractivity (Wildman–Crippen MR) is 83.0 cm³/mol. The van der Waals surface area contributed by atoms with Crippen LogP contribution in [0.2, 0.25) is 0 Å². The fraction of sp³-hybridized carbons (Fsp3) is 0.562. The summed E-state index contributed by atoms with van der Waals surface area (Å²) in [6, 6.07) is 8.59. The molecule has 0 saturated heterocycles. The van der Waals surface area contributed by atoms with Crippen LogP contribution in [0.4, 0.5) is 0 Å². The van der Waals surface area contributed by atoms with Crippen LogP contribution in [0.15, 0.2) is 24.3 Å². The number of ether oxygens (including phenoxy) is 1. The highest BCUT2D eigenvalue weighted by Gasteiger charge is 2.14. The van der Waals surface area contributed by atoms with Crippen LogP contribution in [0.3, 0.4) is 0 Å². The topological polar surface area (TPSA) is 39.1 Å². The summed E-state index contributed by atoms with van der Waals surface area (Å²) in [7, 11) is 2.09. The number of fused-ring (bicyclic) bond motifs is 1. The first kappa shape index (κ1) is 15.0. The number of aromatic nitrogens is 2. The van der Waals surface area contributed by atoms with E-state index in [-0.39, 0.29) is 0 Å². The summed E-state index contributed by atoms with van der Waals surface area (Å²) >= 11 is 0. The van der Waals surface area contributed by atoms with Crippen molar-refractivity contribution in [3.8, 4) is 0 Å². The molecule has 1 unspecified atom stereocenters. The van der Waals surface area contributed by atoms with Gasteiger partial charge in [0.05, 0.1) is 17.6 Å². The Labute approximate surface area is 121 Å². The van der Waals surface area contributed by atoms with E-state index in [0.29, 0.717) is 6.04 Å². The lowest BCUT2D eigenvalue weighted by atomic mass is 10.2. The minimum Gasteiger partial charge on any atom is -0.380 e. The Morgan fingerprint density at radius 1 is 1.30 bits per heavy atom. The molecule has 20 heavy (non-hydrogen) atoms. The SMILES string of the molecule is CCCNC(COCC)Cc1nc2ccccc2n1C. The van der Waals surface area contributed by atoms with Crippen molar-refractivity contribution in [3.05, 3.63) is 30.1 Å². The van der Waals surface area contributed by atoms with Crippen LogP contribution >= 0.6 is 0 Å². The highest BCUT2D eigenvalue weighted by atomic mass is 16.5. The van der Waals surface area contributed by atoms with Crippen LogP contribution in [0, 0.1) is 0 Å². The maximum absolute atomic E-state index is 5.58. The molecule has 0 aliphatic rings. The summed E-state index contributed by atoms with van der Waals surface area (Å²) < 4.78 is 7.76. The van der Waals surface area contributed by atoms with Crippen LogP contribution < -0.4 is 5.32 Å². The van der Waals surface area contributed by atoms with Gasteiger partial charge in [-0.05, 0) is 32.0 Å². The van der Waals surface area contributed by atoms with Gasteiger partial charge in [-0.1, -0.05) is 19.1 Å². The van der Waals surface area contributed by atoms with Crippen molar-refractivity contribution in [2.45, 2.75) is 32.7 Å². The second-order valence-electron chi connectivity index (χ2n) is 5.09. The number of hydrogen-bond donors (Lipinski definition) is 1. The smallest absolute Gasteiger partial charge is 0.111 e. The summed E-state index contributed by atoms with van der Waals surface area (Å²) in [5.74, 6) is 1.11. The number of para-hydroxylation sites is 2. The van der Waals surface area contributed by atoms with Gasteiger partial charge < -0.3 is 14.6 Å². The lowest BCUT2D eigenvalue weighted by Crippen LogP contribution is -2.36. The van der Waals surface area contributed by atoms with Crippen molar-refractivity contribution in [1.29, 1.82) is 0 Å². The summed E-state index contributed by atoms with van der Waals surface area (Å²) in [5.41, 5.74) is 2.25. The average molecular weight is 275 g/mol. The van der Waals surface area contributed by atoms with Crippen molar-refractivity contribution in [2.24, 2.45) is 7.05 Å². The van der Waals surface area contributed by atoms with E-state index in [1.807, 2.05) is 13.0 Å². The third-order valence-electron chi connectivity index (χ3n) is 3.51. The maximum atomic E-state index is 5.58. The van der Waals surface area contributed by atoms with Gasteiger partial charge in [0.2, 0.25) is 0 Å². The quantitative estimate of drug-likeness (QED) is 0.804. The van der Waals surface area contributed by atoms with E-state index in [2.05, 4.69) is 42.1 Å². The van der Waals surface area contributed by atoms with Gasteiger partial charge in [-0.25, -0.2) is 4.98 Å². The third kappa shape index (κ3) is 3.58. The molecule has 0 saturated carbocycles. The molecule has 0 fully saturated rings. The summed E-state index contributed by atoms with van der Waals surface area (Å²) in [6.07, 6.45) is 2.02. The third-order valence-corrected chi connectivity index (χ3v) is 3.51. The van der Waals surface area contributed by atoms with E-state index < -0.39 is 0 Å². The van der Waals surface area contributed by atoms with E-state index >= 15 is 0 Å². The van der Waals surface area contributed by atoms with E-state index in [9.17, 15) is 0 Å². The molecule has 0 amide bonds. The molecule has 0 bridgehead atoms.